The van der Waals surface area contributed by atoms with Gasteiger partial charge in [0.2, 0.25) is 0 Å². The number of Topliss-reactive ketones (excluding diaryl/α,β-unsaturated/α-hetero) is 1. The summed E-state index contributed by atoms with van der Waals surface area (Å²) in [7, 11) is 3.56. The average molecular weight is 235 g/mol. The van der Waals surface area contributed by atoms with Crippen LogP contribution in [0.15, 0.2) is 12.1 Å². The summed E-state index contributed by atoms with van der Waals surface area (Å²) in [5.74, 6) is 1.11. The van der Waals surface area contributed by atoms with Gasteiger partial charge in [-0.15, -0.1) is 0 Å². The van der Waals surface area contributed by atoms with E-state index in [0.717, 1.165) is 22.4 Å². The summed E-state index contributed by atoms with van der Waals surface area (Å²) in [4.78, 5) is 11.2. The van der Waals surface area contributed by atoms with Gasteiger partial charge in [0.25, 0.3) is 0 Å². The maximum atomic E-state index is 11.2. The number of aryl methyl sites for hydroxylation is 2. The van der Waals surface area contributed by atoms with Crippen molar-refractivity contribution in [3.63, 3.8) is 0 Å². The molecule has 17 heavy (non-hydrogen) atoms. The van der Waals surface area contributed by atoms with Crippen LogP contribution < -0.4 is 10.1 Å². The maximum Gasteiger partial charge on any atom is 0.131 e. The van der Waals surface area contributed by atoms with Gasteiger partial charge in [-0.2, -0.15) is 0 Å². The van der Waals surface area contributed by atoms with Crippen LogP contribution in [0, 0.1) is 13.8 Å². The SMILES string of the molecule is CNC(CC(C)=O)c1cc(C)c(OC)c(C)c1. The summed E-state index contributed by atoms with van der Waals surface area (Å²) < 4.78 is 5.34. The van der Waals surface area contributed by atoms with Crippen LogP contribution in [0.4, 0.5) is 0 Å². The van der Waals surface area contributed by atoms with E-state index in [-0.39, 0.29) is 11.8 Å². The first-order valence-corrected chi connectivity index (χ1v) is 5.81. The van der Waals surface area contributed by atoms with Gasteiger partial charge in [0.1, 0.15) is 11.5 Å². The molecule has 0 aromatic heterocycles. The van der Waals surface area contributed by atoms with Gasteiger partial charge in [0.15, 0.2) is 0 Å². The molecule has 0 aliphatic heterocycles. The number of hydrogen-bond acceptors (Lipinski definition) is 3. The Labute approximate surface area is 103 Å². The van der Waals surface area contributed by atoms with Crippen molar-refractivity contribution in [1.29, 1.82) is 0 Å². The van der Waals surface area contributed by atoms with Crippen molar-refractivity contribution in [2.45, 2.75) is 33.2 Å². The molecule has 1 N–H and O–H groups in total. The van der Waals surface area contributed by atoms with E-state index in [4.69, 9.17) is 4.74 Å². The Balaban J connectivity index is 3.09. The first kappa shape index (κ1) is 13.7. The summed E-state index contributed by atoms with van der Waals surface area (Å²) in [5, 5.41) is 3.18. The second-order valence-electron chi connectivity index (χ2n) is 4.44. The van der Waals surface area contributed by atoms with E-state index in [2.05, 4.69) is 17.4 Å². The van der Waals surface area contributed by atoms with Crippen molar-refractivity contribution in [1.82, 2.24) is 5.32 Å². The van der Waals surface area contributed by atoms with Gasteiger partial charge in [-0.05, 0) is 44.5 Å². The number of ketones is 1. The molecular formula is C14H21NO2. The number of benzene rings is 1. The number of nitrogens with one attached hydrogen (secondary N) is 1. The summed E-state index contributed by atoms with van der Waals surface area (Å²) in [6.45, 7) is 5.67. The highest BCUT2D eigenvalue weighted by molar-refractivity contribution is 5.76. The Kier molecular flexibility index (Phi) is 4.70. The van der Waals surface area contributed by atoms with Gasteiger partial charge in [0, 0.05) is 12.5 Å². The smallest absolute Gasteiger partial charge is 0.131 e. The molecule has 3 nitrogen and oxygen atoms in total. The first-order chi connectivity index (χ1) is 7.99. The number of carbonyl (C=O) groups is 1. The fourth-order valence-electron chi connectivity index (χ4n) is 2.18. The summed E-state index contributed by atoms with van der Waals surface area (Å²) in [5.41, 5.74) is 3.34. The quantitative estimate of drug-likeness (QED) is 0.852. The van der Waals surface area contributed by atoms with Crippen molar-refractivity contribution in [2.75, 3.05) is 14.2 Å². The third kappa shape index (κ3) is 3.30. The molecule has 0 aliphatic rings. The molecule has 1 aromatic rings. The molecule has 0 aliphatic carbocycles. The number of hydrogen-bond donors (Lipinski definition) is 1. The second-order valence-corrected chi connectivity index (χ2v) is 4.44. The fourth-order valence-corrected chi connectivity index (χ4v) is 2.18. The molecule has 1 unspecified atom stereocenters. The van der Waals surface area contributed by atoms with Crippen LogP contribution in [0.5, 0.6) is 5.75 Å². The molecule has 3 heteroatoms. The van der Waals surface area contributed by atoms with Gasteiger partial charge in [-0.1, -0.05) is 12.1 Å². The van der Waals surface area contributed by atoms with E-state index < -0.39 is 0 Å². The van der Waals surface area contributed by atoms with E-state index in [9.17, 15) is 4.79 Å². The molecule has 0 saturated heterocycles. The van der Waals surface area contributed by atoms with Gasteiger partial charge < -0.3 is 10.1 Å². The molecule has 0 saturated carbocycles. The van der Waals surface area contributed by atoms with E-state index in [1.807, 2.05) is 20.9 Å². The van der Waals surface area contributed by atoms with Crippen LogP contribution in [-0.2, 0) is 4.79 Å². The fraction of sp³-hybridized carbons (Fsp3) is 0.500. The van der Waals surface area contributed by atoms with E-state index in [1.54, 1.807) is 14.0 Å². The number of carbonyl (C=O) groups excluding carboxylic acids is 1. The summed E-state index contributed by atoms with van der Waals surface area (Å²) in [6.07, 6.45) is 0.516. The molecule has 0 bridgehead atoms. The highest BCUT2D eigenvalue weighted by atomic mass is 16.5. The van der Waals surface area contributed by atoms with Crippen molar-refractivity contribution in [2.24, 2.45) is 0 Å². The first-order valence-electron chi connectivity index (χ1n) is 5.81. The van der Waals surface area contributed by atoms with Crippen LogP contribution in [0.1, 0.15) is 36.1 Å². The molecule has 1 rings (SSSR count). The standard InChI is InChI=1S/C14H21NO2/c1-9-6-12(7-10(2)14(9)17-5)13(15-4)8-11(3)16/h6-7,13,15H,8H2,1-5H3. The summed E-state index contributed by atoms with van der Waals surface area (Å²) in [6, 6.07) is 4.24. The highest BCUT2D eigenvalue weighted by Gasteiger charge is 2.14. The van der Waals surface area contributed by atoms with Gasteiger partial charge >= 0.3 is 0 Å². The molecule has 0 radical (unpaired) electrons. The minimum Gasteiger partial charge on any atom is -0.496 e. The van der Waals surface area contributed by atoms with Gasteiger partial charge in [0.05, 0.1) is 7.11 Å². The highest BCUT2D eigenvalue weighted by Crippen LogP contribution is 2.28. The zero-order valence-electron chi connectivity index (χ0n) is 11.3. The molecular weight excluding hydrogens is 214 g/mol. The zero-order chi connectivity index (χ0) is 13.0. The van der Waals surface area contributed by atoms with Crippen LogP contribution in [-0.4, -0.2) is 19.9 Å². The van der Waals surface area contributed by atoms with Crippen LogP contribution in [0.3, 0.4) is 0 Å². The molecule has 0 heterocycles. The number of ether oxygens (including phenoxy) is 1. The van der Waals surface area contributed by atoms with E-state index in [1.165, 1.54) is 0 Å². The Hall–Kier alpha value is -1.35. The lowest BCUT2D eigenvalue weighted by atomic mass is 9.97. The predicted octanol–water partition coefficient (Wildman–Crippen LogP) is 2.55. The van der Waals surface area contributed by atoms with Gasteiger partial charge in [-0.3, -0.25) is 4.79 Å². The zero-order valence-corrected chi connectivity index (χ0v) is 11.3. The Morgan fingerprint density at radius 2 is 1.88 bits per heavy atom. The Morgan fingerprint density at radius 3 is 2.24 bits per heavy atom. The Bertz CT molecular complexity index is 390. The molecule has 0 fully saturated rings. The molecule has 94 valence electrons. The summed E-state index contributed by atoms with van der Waals surface area (Å²) >= 11 is 0. The predicted molar refractivity (Wildman–Crippen MR) is 69.6 cm³/mol. The second kappa shape index (κ2) is 5.82. The van der Waals surface area contributed by atoms with Crippen LogP contribution in [0.2, 0.25) is 0 Å². The minimum atomic E-state index is 0.0795. The van der Waals surface area contributed by atoms with E-state index >= 15 is 0 Å². The minimum absolute atomic E-state index is 0.0795. The lowest BCUT2D eigenvalue weighted by Gasteiger charge is -2.18. The average Bonchev–Trinajstić information content (AvgIpc) is 2.25. The molecule has 1 atom stereocenters. The third-order valence-electron chi connectivity index (χ3n) is 2.93. The van der Waals surface area contributed by atoms with Gasteiger partial charge in [-0.25, -0.2) is 0 Å². The monoisotopic (exact) mass is 235 g/mol. The molecule has 0 spiro atoms. The van der Waals surface area contributed by atoms with E-state index in [0.29, 0.717) is 6.42 Å². The number of methoxy groups -OCH3 is 1. The lowest BCUT2D eigenvalue weighted by molar-refractivity contribution is -0.117. The lowest BCUT2D eigenvalue weighted by Crippen LogP contribution is -2.19. The van der Waals surface area contributed by atoms with Crippen molar-refractivity contribution >= 4 is 5.78 Å². The van der Waals surface area contributed by atoms with Crippen molar-refractivity contribution in [3.05, 3.63) is 28.8 Å². The molecule has 1 aromatic carbocycles. The molecule has 0 amide bonds. The third-order valence-corrected chi connectivity index (χ3v) is 2.93. The largest absolute Gasteiger partial charge is 0.496 e. The normalized spacial score (nSPS) is 12.3. The van der Waals surface area contributed by atoms with Crippen LogP contribution in [0.25, 0.3) is 0 Å². The number of rotatable bonds is 5. The maximum absolute atomic E-state index is 11.2. The Morgan fingerprint density at radius 1 is 1.35 bits per heavy atom. The van der Waals surface area contributed by atoms with Crippen molar-refractivity contribution in [3.8, 4) is 5.75 Å². The van der Waals surface area contributed by atoms with Crippen molar-refractivity contribution < 1.29 is 9.53 Å². The van der Waals surface area contributed by atoms with Crippen LogP contribution >= 0.6 is 0 Å². The topological polar surface area (TPSA) is 38.3 Å².